The van der Waals surface area contributed by atoms with Crippen LogP contribution in [0.4, 0.5) is 5.69 Å². The molecule has 0 aliphatic rings. The van der Waals surface area contributed by atoms with E-state index < -0.39 is 35.6 Å². The molecule has 12 heteroatoms. The predicted octanol–water partition coefficient (Wildman–Crippen LogP) is 2.98. The Hall–Kier alpha value is -3.77. The molecule has 0 bridgehead atoms. The number of hydrogen-bond acceptors (Lipinski definition) is 8. The summed E-state index contributed by atoms with van der Waals surface area (Å²) in [6.45, 7) is 1.83. The van der Waals surface area contributed by atoms with Gasteiger partial charge in [0, 0.05) is 6.07 Å². The zero-order valence-electron chi connectivity index (χ0n) is 16.6. The average molecular weight is 476 g/mol. The lowest BCUT2D eigenvalue weighted by Gasteiger charge is -2.08. The molecular formula is C20H17N3O7S2. The van der Waals surface area contributed by atoms with Crippen LogP contribution < -0.4 is 9.01 Å². The van der Waals surface area contributed by atoms with E-state index in [9.17, 15) is 26.9 Å². The quantitative estimate of drug-likeness (QED) is 0.228. The van der Waals surface area contributed by atoms with Crippen LogP contribution in [0.1, 0.15) is 11.1 Å². The molecule has 0 saturated carbocycles. The van der Waals surface area contributed by atoms with Crippen LogP contribution in [0.25, 0.3) is 0 Å². The van der Waals surface area contributed by atoms with Crippen molar-refractivity contribution in [2.24, 2.45) is 5.10 Å². The van der Waals surface area contributed by atoms with Crippen LogP contribution in [0.2, 0.25) is 0 Å². The Morgan fingerprint density at radius 1 is 0.969 bits per heavy atom. The highest BCUT2D eigenvalue weighted by Crippen LogP contribution is 2.26. The maximum absolute atomic E-state index is 12.5. The van der Waals surface area contributed by atoms with Crippen molar-refractivity contribution in [2.75, 3.05) is 0 Å². The lowest BCUT2D eigenvalue weighted by molar-refractivity contribution is -0.387. The Morgan fingerprint density at radius 2 is 1.66 bits per heavy atom. The summed E-state index contributed by atoms with van der Waals surface area (Å²) in [6, 6.07) is 16.6. The molecule has 0 aliphatic heterocycles. The van der Waals surface area contributed by atoms with Crippen molar-refractivity contribution in [2.45, 2.75) is 16.7 Å². The summed E-state index contributed by atoms with van der Waals surface area (Å²) in [5.74, 6) is -0.131. The number of nitro benzene ring substituents is 1. The van der Waals surface area contributed by atoms with E-state index in [2.05, 4.69) is 9.93 Å². The van der Waals surface area contributed by atoms with Crippen LogP contribution in [-0.2, 0) is 20.1 Å². The number of nitrogens with one attached hydrogen (secondary N) is 1. The number of aryl methyl sites for hydroxylation is 1. The number of hydrogen-bond donors (Lipinski definition) is 1. The molecule has 3 rings (SSSR count). The summed E-state index contributed by atoms with van der Waals surface area (Å²) in [7, 11) is -8.36. The number of rotatable bonds is 8. The second kappa shape index (κ2) is 9.16. The molecule has 32 heavy (non-hydrogen) atoms. The SMILES string of the molecule is Cc1ccc(S(=O)(=O)N/N=C\c2cccc(OS(=O)(=O)c3ccccc3[N+](=O)[O-])c2)cc1. The summed E-state index contributed by atoms with van der Waals surface area (Å²) in [5, 5.41) is 14.8. The van der Waals surface area contributed by atoms with E-state index >= 15 is 0 Å². The van der Waals surface area contributed by atoms with E-state index in [1.54, 1.807) is 12.1 Å². The number of hydrazone groups is 1. The van der Waals surface area contributed by atoms with Gasteiger partial charge in [-0.2, -0.15) is 21.9 Å². The fourth-order valence-electron chi connectivity index (χ4n) is 2.58. The standard InChI is InChI=1S/C20H17N3O7S2/c1-15-9-11-18(12-10-15)31(26,27)22-21-14-16-5-4-6-17(13-16)30-32(28,29)20-8-3-2-7-19(20)23(24)25/h2-14,22H,1H3/b21-14-. The molecule has 166 valence electrons. The monoisotopic (exact) mass is 475 g/mol. The van der Waals surface area contributed by atoms with Gasteiger partial charge in [0.05, 0.1) is 16.0 Å². The van der Waals surface area contributed by atoms with Crippen molar-refractivity contribution < 1.29 is 25.9 Å². The Morgan fingerprint density at radius 3 is 2.34 bits per heavy atom. The topological polar surface area (TPSA) is 145 Å². The molecule has 0 aliphatic carbocycles. The summed E-state index contributed by atoms with van der Waals surface area (Å²) >= 11 is 0. The van der Waals surface area contributed by atoms with Gasteiger partial charge in [-0.15, -0.1) is 0 Å². The predicted molar refractivity (Wildman–Crippen MR) is 116 cm³/mol. The molecule has 3 aromatic rings. The first kappa shape index (κ1) is 22.9. The van der Waals surface area contributed by atoms with Gasteiger partial charge in [-0.25, -0.2) is 4.83 Å². The second-order valence-electron chi connectivity index (χ2n) is 6.50. The fraction of sp³-hybridized carbons (Fsp3) is 0.0500. The van der Waals surface area contributed by atoms with Crippen LogP contribution in [-0.4, -0.2) is 28.0 Å². The van der Waals surface area contributed by atoms with E-state index in [1.807, 2.05) is 6.92 Å². The molecule has 0 spiro atoms. The minimum absolute atomic E-state index is 0.0351. The van der Waals surface area contributed by atoms with E-state index in [0.29, 0.717) is 5.56 Å². The van der Waals surface area contributed by atoms with Crippen molar-refractivity contribution in [1.29, 1.82) is 0 Å². The van der Waals surface area contributed by atoms with Crippen molar-refractivity contribution in [3.63, 3.8) is 0 Å². The minimum atomic E-state index is -4.49. The highest BCUT2D eigenvalue weighted by Gasteiger charge is 2.27. The van der Waals surface area contributed by atoms with Crippen LogP contribution in [0.3, 0.4) is 0 Å². The number of sulfonamides is 1. The lowest BCUT2D eigenvalue weighted by Crippen LogP contribution is -2.18. The van der Waals surface area contributed by atoms with E-state index in [1.165, 1.54) is 48.5 Å². The van der Waals surface area contributed by atoms with Gasteiger partial charge in [-0.05, 0) is 42.8 Å². The number of para-hydroxylation sites is 1. The molecular weight excluding hydrogens is 458 g/mol. The molecule has 0 aromatic heterocycles. The van der Waals surface area contributed by atoms with Crippen molar-refractivity contribution >= 4 is 32.0 Å². The molecule has 0 atom stereocenters. The van der Waals surface area contributed by atoms with Gasteiger partial charge >= 0.3 is 10.1 Å². The van der Waals surface area contributed by atoms with Crippen LogP contribution in [0.5, 0.6) is 5.75 Å². The van der Waals surface area contributed by atoms with E-state index in [0.717, 1.165) is 23.9 Å². The molecule has 0 fully saturated rings. The summed E-state index contributed by atoms with van der Waals surface area (Å²) in [4.78, 5) is 11.8. The summed E-state index contributed by atoms with van der Waals surface area (Å²) in [5.41, 5.74) is 0.614. The molecule has 10 nitrogen and oxygen atoms in total. The summed E-state index contributed by atoms with van der Waals surface area (Å²) < 4.78 is 54.5. The molecule has 0 radical (unpaired) electrons. The third-order valence-corrected chi connectivity index (χ3v) is 6.65. The lowest BCUT2D eigenvalue weighted by atomic mass is 10.2. The minimum Gasteiger partial charge on any atom is -0.379 e. The van der Waals surface area contributed by atoms with Gasteiger partial charge in [0.25, 0.3) is 15.7 Å². The number of nitro groups is 1. The maximum Gasteiger partial charge on any atom is 0.346 e. The smallest absolute Gasteiger partial charge is 0.346 e. The van der Waals surface area contributed by atoms with Crippen molar-refractivity contribution in [3.05, 3.63) is 94.0 Å². The van der Waals surface area contributed by atoms with Crippen molar-refractivity contribution in [3.8, 4) is 5.75 Å². The van der Waals surface area contributed by atoms with E-state index in [4.69, 9.17) is 4.18 Å². The van der Waals surface area contributed by atoms with Gasteiger partial charge in [0.2, 0.25) is 0 Å². The van der Waals surface area contributed by atoms with E-state index in [-0.39, 0.29) is 10.6 Å². The third kappa shape index (κ3) is 5.47. The zero-order chi connectivity index (χ0) is 23.4. The van der Waals surface area contributed by atoms with Gasteiger partial charge in [0.1, 0.15) is 5.75 Å². The Balaban J connectivity index is 1.77. The van der Waals surface area contributed by atoms with Crippen LogP contribution >= 0.6 is 0 Å². The first-order chi connectivity index (χ1) is 15.1. The molecule has 0 amide bonds. The highest BCUT2D eigenvalue weighted by molar-refractivity contribution is 7.89. The molecule has 0 heterocycles. The Kier molecular flexibility index (Phi) is 6.55. The molecule has 0 saturated heterocycles. The fourth-order valence-corrected chi connectivity index (χ4v) is 4.46. The molecule has 3 aromatic carbocycles. The normalized spacial score (nSPS) is 11.9. The summed E-state index contributed by atoms with van der Waals surface area (Å²) in [6.07, 6.45) is 1.16. The van der Waals surface area contributed by atoms with Gasteiger partial charge in [-0.1, -0.05) is 42.0 Å². The third-order valence-electron chi connectivity index (χ3n) is 4.11. The number of nitrogens with zero attached hydrogens (tertiary/aromatic N) is 2. The first-order valence-corrected chi connectivity index (χ1v) is 11.9. The van der Waals surface area contributed by atoms with Gasteiger partial charge in [0.15, 0.2) is 4.90 Å². The Labute approximate surface area is 184 Å². The van der Waals surface area contributed by atoms with Crippen LogP contribution in [0.15, 0.2) is 87.7 Å². The van der Waals surface area contributed by atoms with Crippen LogP contribution in [0, 0.1) is 17.0 Å². The largest absolute Gasteiger partial charge is 0.379 e. The average Bonchev–Trinajstić information content (AvgIpc) is 2.74. The molecule has 1 N–H and O–H groups in total. The molecule has 0 unspecified atom stereocenters. The first-order valence-electron chi connectivity index (χ1n) is 8.98. The van der Waals surface area contributed by atoms with Gasteiger partial charge in [-0.3, -0.25) is 10.1 Å². The van der Waals surface area contributed by atoms with Crippen molar-refractivity contribution in [1.82, 2.24) is 4.83 Å². The van der Waals surface area contributed by atoms with Gasteiger partial charge < -0.3 is 4.18 Å². The Bertz CT molecular complexity index is 1380. The zero-order valence-corrected chi connectivity index (χ0v) is 18.2. The number of benzene rings is 3. The highest BCUT2D eigenvalue weighted by atomic mass is 32.2. The second-order valence-corrected chi connectivity index (χ2v) is 9.68. The maximum atomic E-state index is 12.5.